The van der Waals surface area contributed by atoms with Crippen LogP contribution in [0.15, 0.2) is 10.7 Å². The predicted molar refractivity (Wildman–Crippen MR) is 85.1 cm³/mol. The van der Waals surface area contributed by atoms with Gasteiger partial charge in [-0.2, -0.15) is 5.10 Å². The average molecular weight is 344 g/mol. The molecule has 1 saturated carbocycles. The molecule has 1 aliphatic rings. The summed E-state index contributed by atoms with van der Waals surface area (Å²) in [5.74, 6) is 6.61. The van der Waals surface area contributed by atoms with Crippen LogP contribution in [0.3, 0.4) is 0 Å². The van der Waals surface area contributed by atoms with Crippen LogP contribution in [0, 0.1) is 5.92 Å². The summed E-state index contributed by atoms with van der Waals surface area (Å²) < 4.78 is 3.13. The van der Waals surface area contributed by atoms with Gasteiger partial charge in [0.05, 0.1) is 29.0 Å². The van der Waals surface area contributed by atoms with Crippen LogP contribution in [0.5, 0.6) is 0 Å². The summed E-state index contributed by atoms with van der Waals surface area (Å²) in [6.07, 6.45) is 8.38. The smallest absolute Gasteiger partial charge is 0.0709 e. The van der Waals surface area contributed by atoms with Crippen molar-refractivity contribution in [3.05, 3.63) is 16.4 Å². The molecule has 0 amide bonds. The molecule has 1 aromatic heterocycles. The normalized spacial score (nSPS) is 18.1. The standard InChI is InChI=1S/C14H26BrN5/c1-19(2)7-8-20-14(12(15)10-17-20)13(18-16)9-11-5-3-4-6-11/h10-11,13,18H,3-9,16H2,1-2H3. The second-order valence-electron chi connectivity index (χ2n) is 6.01. The number of hydrogen-bond acceptors (Lipinski definition) is 4. The maximum absolute atomic E-state index is 5.81. The van der Waals surface area contributed by atoms with E-state index >= 15 is 0 Å². The number of hydrazine groups is 1. The molecule has 0 aliphatic heterocycles. The van der Waals surface area contributed by atoms with E-state index in [4.69, 9.17) is 5.84 Å². The minimum absolute atomic E-state index is 0.178. The molecule has 1 aromatic rings. The number of nitrogens with two attached hydrogens (primary N) is 1. The summed E-state index contributed by atoms with van der Waals surface area (Å²) in [5, 5.41) is 4.48. The maximum atomic E-state index is 5.81. The fraction of sp³-hybridized carbons (Fsp3) is 0.786. The molecule has 114 valence electrons. The Morgan fingerprint density at radius 3 is 2.80 bits per heavy atom. The first kappa shape index (κ1) is 15.9. The average Bonchev–Trinajstić information content (AvgIpc) is 3.03. The molecular formula is C14H26BrN5. The first-order chi connectivity index (χ1) is 9.61. The van der Waals surface area contributed by atoms with Gasteiger partial charge < -0.3 is 4.90 Å². The summed E-state index contributed by atoms with van der Waals surface area (Å²) in [6.45, 7) is 1.86. The highest BCUT2D eigenvalue weighted by Gasteiger charge is 2.24. The van der Waals surface area contributed by atoms with Gasteiger partial charge in [0.25, 0.3) is 0 Å². The molecule has 1 unspecified atom stereocenters. The highest BCUT2D eigenvalue weighted by atomic mass is 79.9. The third-order valence-corrected chi connectivity index (χ3v) is 4.78. The molecule has 0 radical (unpaired) electrons. The lowest BCUT2D eigenvalue weighted by Gasteiger charge is -2.22. The molecule has 6 heteroatoms. The quantitative estimate of drug-likeness (QED) is 0.589. The van der Waals surface area contributed by atoms with Crippen LogP contribution < -0.4 is 11.3 Å². The molecule has 1 fully saturated rings. The van der Waals surface area contributed by atoms with E-state index in [1.165, 1.54) is 31.4 Å². The van der Waals surface area contributed by atoms with Gasteiger partial charge in [-0.25, -0.2) is 0 Å². The van der Waals surface area contributed by atoms with Crippen molar-refractivity contribution in [1.82, 2.24) is 20.1 Å². The van der Waals surface area contributed by atoms with E-state index in [0.717, 1.165) is 29.9 Å². The van der Waals surface area contributed by atoms with Gasteiger partial charge in [0.1, 0.15) is 0 Å². The molecule has 0 saturated heterocycles. The third kappa shape index (κ3) is 4.04. The lowest BCUT2D eigenvalue weighted by Crippen LogP contribution is -2.32. The van der Waals surface area contributed by atoms with Gasteiger partial charge in [-0.3, -0.25) is 16.0 Å². The van der Waals surface area contributed by atoms with Crippen LogP contribution in [0.4, 0.5) is 0 Å². The van der Waals surface area contributed by atoms with Crippen LogP contribution in [-0.4, -0.2) is 35.3 Å². The van der Waals surface area contributed by atoms with E-state index in [-0.39, 0.29) is 6.04 Å². The number of hydrogen-bond donors (Lipinski definition) is 2. The van der Waals surface area contributed by atoms with Crippen molar-refractivity contribution in [1.29, 1.82) is 0 Å². The lowest BCUT2D eigenvalue weighted by atomic mass is 9.97. The van der Waals surface area contributed by atoms with Crippen molar-refractivity contribution >= 4 is 15.9 Å². The number of rotatable bonds is 7. The SMILES string of the molecule is CN(C)CCn1ncc(Br)c1C(CC1CCCC1)NN. The van der Waals surface area contributed by atoms with Crippen molar-refractivity contribution in [2.75, 3.05) is 20.6 Å². The van der Waals surface area contributed by atoms with Gasteiger partial charge in [0.2, 0.25) is 0 Å². The van der Waals surface area contributed by atoms with Gasteiger partial charge in [0, 0.05) is 6.54 Å². The van der Waals surface area contributed by atoms with E-state index < -0.39 is 0 Å². The summed E-state index contributed by atoms with van der Waals surface area (Å²) in [4.78, 5) is 2.17. The van der Waals surface area contributed by atoms with E-state index in [2.05, 4.69) is 50.1 Å². The fourth-order valence-corrected chi connectivity index (χ4v) is 3.60. The molecule has 0 bridgehead atoms. The van der Waals surface area contributed by atoms with Crippen LogP contribution in [0.1, 0.15) is 43.8 Å². The molecule has 0 aromatic carbocycles. The predicted octanol–water partition coefficient (Wildman–Crippen LogP) is 2.29. The number of halogens is 1. The third-order valence-electron chi connectivity index (χ3n) is 4.17. The Balaban J connectivity index is 2.08. The first-order valence-corrected chi connectivity index (χ1v) is 8.23. The molecule has 1 atom stereocenters. The minimum Gasteiger partial charge on any atom is -0.308 e. The second kappa shape index (κ2) is 7.54. The zero-order valence-electron chi connectivity index (χ0n) is 12.5. The van der Waals surface area contributed by atoms with Crippen LogP contribution in [0.2, 0.25) is 0 Å². The Morgan fingerprint density at radius 2 is 2.20 bits per heavy atom. The van der Waals surface area contributed by atoms with Crippen molar-refractivity contribution in [3.63, 3.8) is 0 Å². The zero-order chi connectivity index (χ0) is 14.5. The molecular weight excluding hydrogens is 318 g/mol. The van der Waals surface area contributed by atoms with Crippen LogP contribution in [0.25, 0.3) is 0 Å². The molecule has 1 aliphatic carbocycles. The van der Waals surface area contributed by atoms with E-state index in [0.29, 0.717) is 0 Å². The molecule has 0 spiro atoms. The fourth-order valence-electron chi connectivity index (χ4n) is 3.03. The van der Waals surface area contributed by atoms with Gasteiger partial charge in [0.15, 0.2) is 0 Å². The lowest BCUT2D eigenvalue weighted by molar-refractivity contribution is 0.345. The van der Waals surface area contributed by atoms with Gasteiger partial charge in [-0.05, 0) is 42.4 Å². The Hall–Kier alpha value is -0.430. The number of nitrogens with zero attached hydrogens (tertiary/aromatic N) is 3. The Bertz CT molecular complexity index is 412. The first-order valence-electron chi connectivity index (χ1n) is 7.44. The van der Waals surface area contributed by atoms with Crippen molar-refractivity contribution in [2.24, 2.45) is 11.8 Å². The summed E-state index contributed by atoms with van der Waals surface area (Å²) in [7, 11) is 4.16. The van der Waals surface area contributed by atoms with E-state index in [1.54, 1.807) is 0 Å². The Morgan fingerprint density at radius 1 is 1.50 bits per heavy atom. The number of likely N-dealkylation sites (N-methyl/N-ethyl adjacent to an activating group) is 1. The van der Waals surface area contributed by atoms with Crippen LogP contribution >= 0.6 is 15.9 Å². The van der Waals surface area contributed by atoms with Crippen molar-refractivity contribution in [3.8, 4) is 0 Å². The molecule has 2 rings (SSSR count). The summed E-state index contributed by atoms with van der Waals surface area (Å²) in [5.41, 5.74) is 4.18. The minimum atomic E-state index is 0.178. The van der Waals surface area contributed by atoms with Gasteiger partial charge >= 0.3 is 0 Å². The highest BCUT2D eigenvalue weighted by Crippen LogP contribution is 2.34. The Labute approximate surface area is 130 Å². The summed E-state index contributed by atoms with van der Waals surface area (Å²) >= 11 is 3.62. The zero-order valence-corrected chi connectivity index (χ0v) is 14.1. The van der Waals surface area contributed by atoms with E-state index in [1.807, 2.05) is 6.20 Å². The second-order valence-corrected chi connectivity index (χ2v) is 6.86. The van der Waals surface area contributed by atoms with E-state index in [9.17, 15) is 0 Å². The van der Waals surface area contributed by atoms with Crippen molar-refractivity contribution < 1.29 is 0 Å². The van der Waals surface area contributed by atoms with Gasteiger partial charge in [-0.15, -0.1) is 0 Å². The van der Waals surface area contributed by atoms with Crippen LogP contribution in [-0.2, 0) is 6.54 Å². The largest absolute Gasteiger partial charge is 0.308 e. The Kier molecular flexibility index (Phi) is 6.01. The topological polar surface area (TPSA) is 59.1 Å². The maximum Gasteiger partial charge on any atom is 0.0709 e. The number of aromatic nitrogens is 2. The monoisotopic (exact) mass is 343 g/mol. The number of nitrogens with one attached hydrogen (secondary N) is 1. The molecule has 5 nitrogen and oxygen atoms in total. The van der Waals surface area contributed by atoms with Gasteiger partial charge in [-0.1, -0.05) is 25.7 Å². The molecule has 3 N–H and O–H groups in total. The molecule has 1 heterocycles. The van der Waals surface area contributed by atoms with Crippen molar-refractivity contribution in [2.45, 2.75) is 44.7 Å². The summed E-state index contributed by atoms with van der Waals surface area (Å²) in [6, 6.07) is 0.178. The molecule has 20 heavy (non-hydrogen) atoms. The highest BCUT2D eigenvalue weighted by molar-refractivity contribution is 9.10.